The van der Waals surface area contributed by atoms with Crippen LogP contribution in [0.15, 0.2) is 30.3 Å². The lowest BCUT2D eigenvalue weighted by Crippen LogP contribution is -2.49. The molecule has 1 aromatic carbocycles. The van der Waals surface area contributed by atoms with Crippen molar-refractivity contribution >= 4 is 11.9 Å². The molecule has 0 aliphatic heterocycles. The number of benzene rings is 1. The van der Waals surface area contributed by atoms with E-state index < -0.39 is 17.4 Å². The quantitative estimate of drug-likeness (QED) is 0.763. The first-order valence-corrected chi connectivity index (χ1v) is 5.04. The fraction of sp³-hybridized carbons (Fsp3) is 0.231. The van der Waals surface area contributed by atoms with Crippen molar-refractivity contribution in [1.29, 1.82) is 0 Å². The lowest BCUT2D eigenvalue weighted by Gasteiger charge is -2.26. The van der Waals surface area contributed by atoms with Gasteiger partial charge in [-0.25, -0.2) is 4.79 Å². The first-order chi connectivity index (χ1) is 8.00. The van der Waals surface area contributed by atoms with Gasteiger partial charge in [0.1, 0.15) is 0 Å². The van der Waals surface area contributed by atoms with Gasteiger partial charge in [-0.15, -0.1) is 6.42 Å². The van der Waals surface area contributed by atoms with Crippen LogP contribution in [0.4, 0.5) is 0 Å². The summed E-state index contributed by atoms with van der Waals surface area (Å²) < 4.78 is 0. The summed E-state index contributed by atoms with van der Waals surface area (Å²) in [5, 5.41) is 11.7. The molecule has 0 saturated heterocycles. The highest BCUT2D eigenvalue weighted by Crippen LogP contribution is 2.20. The zero-order chi connectivity index (χ0) is 12.9. The Morgan fingerprint density at radius 1 is 1.41 bits per heavy atom. The second kappa shape index (κ2) is 5.17. The van der Waals surface area contributed by atoms with Gasteiger partial charge in [-0.2, -0.15) is 0 Å². The van der Waals surface area contributed by atoms with Crippen LogP contribution < -0.4 is 5.32 Å². The Kier molecular flexibility index (Phi) is 3.89. The number of terminal acetylenes is 1. The van der Waals surface area contributed by atoms with Crippen LogP contribution in [0.5, 0.6) is 0 Å². The third-order valence-corrected chi connectivity index (χ3v) is 2.43. The number of aliphatic carboxylic acids is 1. The van der Waals surface area contributed by atoms with Crippen molar-refractivity contribution in [2.75, 3.05) is 0 Å². The largest absolute Gasteiger partial charge is 0.479 e. The van der Waals surface area contributed by atoms with Crippen LogP contribution in [0.1, 0.15) is 18.9 Å². The molecule has 0 spiro atoms. The molecule has 88 valence electrons. The van der Waals surface area contributed by atoms with Gasteiger partial charge in [-0.05, 0) is 12.5 Å². The first-order valence-electron chi connectivity index (χ1n) is 5.04. The number of carboxylic acids is 1. The number of carboxylic acid groups (broad SMARTS) is 1. The van der Waals surface area contributed by atoms with Gasteiger partial charge in [0.05, 0.1) is 6.42 Å². The predicted molar refractivity (Wildman–Crippen MR) is 63.0 cm³/mol. The van der Waals surface area contributed by atoms with Gasteiger partial charge in [0.15, 0.2) is 5.54 Å². The lowest BCUT2D eigenvalue weighted by atomic mass is 9.92. The number of hydrogen-bond acceptors (Lipinski definition) is 2. The van der Waals surface area contributed by atoms with Crippen LogP contribution >= 0.6 is 0 Å². The molecule has 1 rings (SSSR count). The van der Waals surface area contributed by atoms with Crippen LogP contribution in [0.3, 0.4) is 0 Å². The number of carbonyl (C=O) groups excluding carboxylic acids is 1. The minimum absolute atomic E-state index is 0.143. The van der Waals surface area contributed by atoms with Crippen LogP contribution in [0.2, 0.25) is 0 Å². The summed E-state index contributed by atoms with van der Waals surface area (Å²) in [5.74, 6) is 0.560. The van der Waals surface area contributed by atoms with Gasteiger partial charge in [0.25, 0.3) is 0 Å². The summed E-state index contributed by atoms with van der Waals surface area (Å²) in [5.41, 5.74) is -0.965. The Morgan fingerprint density at radius 2 is 2.00 bits per heavy atom. The minimum Gasteiger partial charge on any atom is -0.479 e. The Labute approximate surface area is 99.7 Å². The van der Waals surface area contributed by atoms with E-state index in [1.54, 1.807) is 30.3 Å². The maximum atomic E-state index is 11.4. The second-order valence-electron chi connectivity index (χ2n) is 3.73. The van der Waals surface area contributed by atoms with E-state index >= 15 is 0 Å². The highest BCUT2D eigenvalue weighted by molar-refractivity contribution is 5.88. The van der Waals surface area contributed by atoms with E-state index in [0.29, 0.717) is 5.56 Å². The Morgan fingerprint density at radius 3 is 2.47 bits per heavy atom. The molecule has 0 aliphatic carbocycles. The summed E-state index contributed by atoms with van der Waals surface area (Å²) in [6, 6.07) is 8.48. The van der Waals surface area contributed by atoms with Gasteiger partial charge in [0, 0.05) is 0 Å². The van der Waals surface area contributed by atoms with E-state index in [4.69, 9.17) is 6.42 Å². The Hall–Kier alpha value is -2.28. The van der Waals surface area contributed by atoms with Crippen molar-refractivity contribution in [2.24, 2.45) is 0 Å². The lowest BCUT2D eigenvalue weighted by molar-refractivity contribution is -0.147. The van der Waals surface area contributed by atoms with Gasteiger partial charge in [0.2, 0.25) is 5.91 Å². The summed E-state index contributed by atoms with van der Waals surface area (Å²) in [4.78, 5) is 22.7. The molecule has 0 aromatic heterocycles. The van der Waals surface area contributed by atoms with Crippen LogP contribution in [0, 0.1) is 12.3 Å². The van der Waals surface area contributed by atoms with Crippen molar-refractivity contribution in [1.82, 2.24) is 5.32 Å². The summed E-state index contributed by atoms with van der Waals surface area (Å²) in [7, 11) is 0. The summed E-state index contributed by atoms with van der Waals surface area (Å²) in [6.45, 7) is 1.43. The monoisotopic (exact) mass is 231 g/mol. The number of rotatable bonds is 4. The molecule has 0 fully saturated rings. The molecular formula is C13H13NO3. The van der Waals surface area contributed by atoms with E-state index in [9.17, 15) is 14.7 Å². The number of nitrogens with one attached hydrogen (secondary N) is 1. The Balaban J connectivity index is 3.04. The van der Waals surface area contributed by atoms with Crippen molar-refractivity contribution in [2.45, 2.75) is 18.9 Å². The minimum atomic E-state index is -1.46. The molecule has 2 N–H and O–H groups in total. The zero-order valence-electron chi connectivity index (χ0n) is 9.43. The average molecular weight is 231 g/mol. The molecule has 4 nitrogen and oxygen atoms in total. The van der Waals surface area contributed by atoms with Crippen molar-refractivity contribution in [3.05, 3.63) is 35.9 Å². The second-order valence-corrected chi connectivity index (χ2v) is 3.73. The van der Waals surface area contributed by atoms with Gasteiger partial charge >= 0.3 is 5.97 Å². The van der Waals surface area contributed by atoms with Gasteiger partial charge < -0.3 is 10.4 Å². The predicted octanol–water partition coefficient (Wildman–Crippen LogP) is 1.13. The van der Waals surface area contributed by atoms with Crippen molar-refractivity contribution in [3.8, 4) is 12.3 Å². The topological polar surface area (TPSA) is 66.4 Å². The standard InChI is InChI=1S/C13H13NO3/c1-3-7-11(15)14-13(2,12(16)17)10-8-5-4-6-9-10/h1,4-6,8-9H,7H2,2H3,(H,14,15)(H,16,17). The number of carbonyl (C=O) groups is 2. The normalized spacial score (nSPS) is 13.2. The van der Waals surface area contributed by atoms with E-state index in [1.807, 2.05) is 0 Å². The molecule has 0 heterocycles. The van der Waals surface area contributed by atoms with Gasteiger partial charge in [-0.3, -0.25) is 4.79 Å². The van der Waals surface area contributed by atoms with E-state index in [1.165, 1.54) is 6.92 Å². The molecule has 0 aliphatic rings. The first kappa shape index (κ1) is 12.8. The highest BCUT2D eigenvalue weighted by Gasteiger charge is 2.36. The third kappa shape index (κ3) is 2.85. The number of hydrogen-bond donors (Lipinski definition) is 2. The molecule has 1 amide bonds. The molecule has 0 saturated carbocycles. The maximum Gasteiger partial charge on any atom is 0.333 e. The SMILES string of the molecule is C#CCC(=O)NC(C)(C(=O)O)c1ccccc1. The van der Waals surface area contributed by atoms with Crippen molar-refractivity contribution in [3.63, 3.8) is 0 Å². The molecule has 0 bridgehead atoms. The fourth-order valence-corrected chi connectivity index (χ4v) is 1.44. The molecule has 1 unspecified atom stereocenters. The average Bonchev–Trinajstić information content (AvgIpc) is 2.30. The molecule has 17 heavy (non-hydrogen) atoms. The maximum absolute atomic E-state index is 11.4. The highest BCUT2D eigenvalue weighted by atomic mass is 16.4. The van der Waals surface area contributed by atoms with Crippen molar-refractivity contribution < 1.29 is 14.7 Å². The van der Waals surface area contributed by atoms with Crippen LogP contribution in [0.25, 0.3) is 0 Å². The zero-order valence-corrected chi connectivity index (χ0v) is 9.43. The summed E-state index contributed by atoms with van der Waals surface area (Å²) in [6.07, 6.45) is 4.86. The molecule has 0 radical (unpaired) electrons. The summed E-state index contributed by atoms with van der Waals surface area (Å²) >= 11 is 0. The molecule has 1 atom stereocenters. The number of amides is 1. The van der Waals surface area contributed by atoms with E-state index in [0.717, 1.165) is 0 Å². The van der Waals surface area contributed by atoms with Crippen LogP contribution in [-0.4, -0.2) is 17.0 Å². The molecular weight excluding hydrogens is 218 g/mol. The Bertz CT molecular complexity index is 461. The van der Waals surface area contributed by atoms with Gasteiger partial charge in [-0.1, -0.05) is 36.3 Å². The van der Waals surface area contributed by atoms with Crippen LogP contribution in [-0.2, 0) is 15.1 Å². The van der Waals surface area contributed by atoms with E-state index in [2.05, 4.69) is 11.2 Å². The molecule has 4 heteroatoms. The van der Waals surface area contributed by atoms with E-state index in [-0.39, 0.29) is 6.42 Å². The third-order valence-electron chi connectivity index (χ3n) is 2.43. The fourth-order valence-electron chi connectivity index (χ4n) is 1.44. The molecule has 1 aromatic rings. The smallest absolute Gasteiger partial charge is 0.333 e.